The van der Waals surface area contributed by atoms with Gasteiger partial charge in [0, 0.05) is 42.3 Å². The van der Waals surface area contributed by atoms with Crippen molar-refractivity contribution in [2.24, 2.45) is 0 Å². The molecule has 0 bridgehead atoms. The maximum Gasteiger partial charge on any atom is 0.120 e. The van der Waals surface area contributed by atoms with Crippen LogP contribution in [-0.4, -0.2) is 36.2 Å². The Hall–Kier alpha value is -0.260. The third-order valence-electron chi connectivity index (χ3n) is 3.48. The van der Waals surface area contributed by atoms with Crippen molar-refractivity contribution in [2.75, 3.05) is 26.2 Å². The molecular weight excluding hydrogens is 375 g/mol. The molecule has 0 spiro atoms. The van der Waals surface area contributed by atoms with Gasteiger partial charge in [0.05, 0.1) is 0 Å². The van der Waals surface area contributed by atoms with Crippen molar-refractivity contribution < 1.29 is 5.11 Å². The molecule has 1 aromatic rings. The fourth-order valence-electron chi connectivity index (χ4n) is 2.55. The fourth-order valence-corrected chi connectivity index (χ4v) is 2.93. The third-order valence-corrected chi connectivity index (χ3v) is 3.98. The molecule has 1 atom stereocenters. The summed E-state index contributed by atoms with van der Waals surface area (Å²) in [5.41, 5.74) is 2.13. The van der Waals surface area contributed by atoms with Crippen LogP contribution in [0.1, 0.15) is 24.9 Å². The number of aromatic hydroxyl groups is 1. The summed E-state index contributed by atoms with van der Waals surface area (Å²) >= 11 is 3.49. The standard InChI is InChI=1S/C15H21BrN2O.2ClH/c1-11(2)9-14(18-7-5-17-6-8-18)13-10-12(16)3-4-15(13)19;;/h3-4,10,14,17,19H,1,5-9H2,2H3;2*1H/t14-;;/m1../s1. The van der Waals surface area contributed by atoms with Crippen LogP contribution in [0, 0.1) is 0 Å². The van der Waals surface area contributed by atoms with E-state index in [1.807, 2.05) is 19.1 Å². The van der Waals surface area contributed by atoms with E-state index in [1.165, 1.54) is 0 Å². The Morgan fingerprint density at radius 2 is 2.00 bits per heavy atom. The second-order valence-electron chi connectivity index (χ2n) is 5.17. The molecule has 6 heteroatoms. The maximum absolute atomic E-state index is 10.2. The van der Waals surface area contributed by atoms with Gasteiger partial charge >= 0.3 is 0 Å². The number of phenolic OH excluding ortho intramolecular Hbond substituents is 1. The third kappa shape index (κ3) is 5.80. The van der Waals surface area contributed by atoms with E-state index in [2.05, 4.69) is 32.7 Å². The number of hydrogen-bond donors (Lipinski definition) is 2. The van der Waals surface area contributed by atoms with E-state index >= 15 is 0 Å². The Morgan fingerprint density at radius 3 is 2.57 bits per heavy atom. The molecule has 1 aliphatic heterocycles. The van der Waals surface area contributed by atoms with Crippen molar-refractivity contribution in [3.63, 3.8) is 0 Å². The van der Waals surface area contributed by atoms with Crippen molar-refractivity contribution in [2.45, 2.75) is 19.4 Å². The number of piperazine rings is 1. The first-order valence-electron chi connectivity index (χ1n) is 6.65. The van der Waals surface area contributed by atoms with Gasteiger partial charge in [0.2, 0.25) is 0 Å². The topological polar surface area (TPSA) is 35.5 Å². The molecule has 0 unspecified atom stereocenters. The first-order chi connectivity index (χ1) is 9.08. The molecule has 3 nitrogen and oxygen atoms in total. The summed E-state index contributed by atoms with van der Waals surface area (Å²) in [5.74, 6) is 0.369. The Morgan fingerprint density at radius 1 is 1.38 bits per heavy atom. The number of rotatable bonds is 4. The van der Waals surface area contributed by atoms with Crippen LogP contribution in [0.2, 0.25) is 0 Å². The maximum atomic E-state index is 10.2. The lowest BCUT2D eigenvalue weighted by molar-refractivity contribution is 0.170. The summed E-state index contributed by atoms with van der Waals surface area (Å²) in [6.07, 6.45) is 0.879. The summed E-state index contributed by atoms with van der Waals surface area (Å²) < 4.78 is 1.00. The SMILES string of the molecule is C=C(C)C[C@H](c1cc(Br)ccc1O)N1CCNCC1.Cl.Cl. The number of nitrogens with zero attached hydrogens (tertiary/aromatic N) is 1. The van der Waals surface area contributed by atoms with Gasteiger partial charge in [-0.15, -0.1) is 31.4 Å². The van der Waals surface area contributed by atoms with Gasteiger partial charge < -0.3 is 10.4 Å². The van der Waals surface area contributed by atoms with E-state index in [0.717, 1.165) is 48.2 Å². The summed E-state index contributed by atoms with van der Waals surface area (Å²) in [7, 11) is 0. The average Bonchev–Trinajstić information content (AvgIpc) is 2.40. The van der Waals surface area contributed by atoms with Crippen LogP contribution < -0.4 is 5.32 Å². The Bertz CT molecular complexity index is 465. The van der Waals surface area contributed by atoms with Gasteiger partial charge in [-0.2, -0.15) is 0 Å². The largest absolute Gasteiger partial charge is 0.508 e. The highest BCUT2D eigenvalue weighted by molar-refractivity contribution is 9.10. The molecule has 1 aromatic carbocycles. The monoisotopic (exact) mass is 396 g/mol. The summed E-state index contributed by atoms with van der Waals surface area (Å²) in [6.45, 7) is 10.1. The average molecular weight is 398 g/mol. The molecule has 2 N–H and O–H groups in total. The highest BCUT2D eigenvalue weighted by Gasteiger charge is 2.24. The van der Waals surface area contributed by atoms with Crippen molar-refractivity contribution in [1.29, 1.82) is 0 Å². The first kappa shape index (κ1) is 20.7. The molecule has 0 saturated carbocycles. The molecule has 1 saturated heterocycles. The van der Waals surface area contributed by atoms with Crippen molar-refractivity contribution in [3.8, 4) is 5.75 Å². The minimum atomic E-state index is 0. The number of halogens is 3. The van der Waals surface area contributed by atoms with Crippen LogP contribution in [-0.2, 0) is 0 Å². The van der Waals surface area contributed by atoms with E-state index in [4.69, 9.17) is 0 Å². The lowest BCUT2D eigenvalue weighted by Gasteiger charge is -2.35. The van der Waals surface area contributed by atoms with Crippen LogP contribution >= 0.6 is 40.7 Å². The molecule has 2 rings (SSSR count). The van der Waals surface area contributed by atoms with Crippen LogP contribution in [0.15, 0.2) is 34.8 Å². The molecule has 0 amide bonds. The normalized spacial score (nSPS) is 16.5. The zero-order valence-corrected chi connectivity index (χ0v) is 15.4. The van der Waals surface area contributed by atoms with Gasteiger partial charge in [0.25, 0.3) is 0 Å². The van der Waals surface area contributed by atoms with Crippen molar-refractivity contribution in [3.05, 3.63) is 40.4 Å². The summed E-state index contributed by atoms with van der Waals surface area (Å²) in [4.78, 5) is 2.42. The zero-order chi connectivity index (χ0) is 13.8. The lowest BCUT2D eigenvalue weighted by atomic mass is 9.97. The van der Waals surface area contributed by atoms with E-state index in [0.29, 0.717) is 5.75 Å². The van der Waals surface area contributed by atoms with Gasteiger partial charge in [-0.1, -0.05) is 21.5 Å². The quantitative estimate of drug-likeness (QED) is 0.756. The molecule has 0 aliphatic carbocycles. The van der Waals surface area contributed by atoms with Gasteiger partial charge in [-0.25, -0.2) is 0 Å². The van der Waals surface area contributed by atoms with Gasteiger partial charge in [-0.3, -0.25) is 4.90 Å². The molecular formula is C15H23BrCl2N2O. The van der Waals surface area contributed by atoms with Gasteiger partial charge in [0.15, 0.2) is 0 Å². The minimum absolute atomic E-state index is 0. The molecule has 1 aliphatic rings. The Balaban J connectivity index is 0.00000200. The molecule has 0 aromatic heterocycles. The highest BCUT2D eigenvalue weighted by Crippen LogP contribution is 2.35. The molecule has 1 fully saturated rings. The fraction of sp³-hybridized carbons (Fsp3) is 0.467. The molecule has 1 heterocycles. The van der Waals surface area contributed by atoms with E-state index in [1.54, 1.807) is 6.07 Å². The number of hydrogen-bond acceptors (Lipinski definition) is 3. The lowest BCUT2D eigenvalue weighted by Crippen LogP contribution is -2.45. The molecule has 0 radical (unpaired) electrons. The highest BCUT2D eigenvalue weighted by atomic mass is 79.9. The first-order valence-corrected chi connectivity index (χ1v) is 7.45. The van der Waals surface area contributed by atoms with E-state index < -0.39 is 0 Å². The number of benzene rings is 1. The van der Waals surface area contributed by atoms with Crippen molar-refractivity contribution in [1.82, 2.24) is 10.2 Å². The Labute approximate surface area is 147 Å². The van der Waals surface area contributed by atoms with Crippen LogP contribution in [0.3, 0.4) is 0 Å². The second-order valence-corrected chi connectivity index (χ2v) is 6.08. The second kappa shape index (κ2) is 9.70. The van der Waals surface area contributed by atoms with Crippen LogP contribution in [0.25, 0.3) is 0 Å². The minimum Gasteiger partial charge on any atom is -0.508 e. The Kier molecular flexibility index (Phi) is 9.58. The van der Waals surface area contributed by atoms with Gasteiger partial charge in [0.1, 0.15) is 5.75 Å². The summed E-state index contributed by atoms with van der Waals surface area (Å²) in [6, 6.07) is 5.85. The number of nitrogens with one attached hydrogen (secondary N) is 1. The van der Waals surface area contributed by atoms with Crippen LogP contribution in [0.5, 0.6) is 5.75 Å². The van der Waals surface area contributed by atoms with Crippen LogP contribution in [0.4, 0.5) is 0 Å². The number of phenols is 1. The summed E-state index contributed by atoms with van der Waals surface area (Å²) in [5, 5.41) is 13.5. The smallest absolute Gasteiger partial charge is 0.120 e. The van der Waals surface area contributed by atoms with Gasteiger partial charge in [-0.05, 0) is 31.5 Å². The predicted octanol–water partition coefficient (Wildman–Crippen LogP) is 3.91. The zero-order valence-electron chi connectivity index (χ0n) is 12.1. The predicted molar refractivity (Wildman–Crippen MR) is 96.9 cm³/mol. The molecule has 21 heavy (non-hydrogen) atoms. The van der Waals surface area contributed by atoms with E-state index in [9.17, 15) is 5.11 Å². The molecule has 120 valence electrons. The van der Waals surface area contributed by atoms with Crippen molar-refractivity contribution >= 4 is 40.7 Å². The van der Waals surface area contributed by atoms with E-state index in [-0.39, 0.29) is 30.9 Å².